The van der Waals surface area contributed by atoms with Gasteiger partial charge in [-0.05, 0) is 45.3 Å². The molecule has 1 aliphatic heterocycles. The molecule has 0 saturated heterocycles. The predicted molar refractivity (Wildman–Crippen MR) is 69.5 cm³/mol. The third-order valence-corrected chi connectivity index (χ3v) is 4.09. The molecule has 0 radical (unpaired) electrons. The molecule has 5 heteroatoms. The summed E-state index contributed by atoms with van der Waals surface area (Å²) in [6.45, 7) is 6.94. The smallest absolute Gasteiger partial charge is 0.423 e. The van der Waals surface area contributed by atoms with Crippen molar-refractivity contribution < 1.29 is 14.8 Å². The number of hydrogen-bond donors (Lipinski definition) is 2. The monoisotopic (exact) mass is 244 g/mol. The highest BCUT2D eigenvalue weighted by Gasteiger charge is 2.40. The van der Waals surface area contributed by atoms with Gasteiger partial charge >= 0.3 is 7.12 Å². The second kappa shape index (κ2) is 5.13. The standard InChI is InChI=1S/C11H21BO3S/c1-10(2,13)11(3,4)15-12(14)9-5-7-16-8-6-9/h5,13-14H,6-8H2,1-4H3. The average Bonchev–Trinajstić information content (AvgIpc) is 2.16. The Kier molecular flexibility index (Phi) is 4.52. The highest BCUT2D eigenvalue weighted by Crippen LogP contribution is 2.28. The Morgan fingerprint density at radius 3 is 2.44 bits per heavy atom. The minimum atomic E-state index is -0.988. The summed E-state index contributed by atoms with van der Waals surface area (Å²) in [6.07, 6.45) is 2.87. The van der Waals surface area contributed by atoms with Crippen molar-refractivity contribution in [2.24, 2.45) is 0 Å². The van der Waals surface area contributed by atoms with Gasteiger partial charge in [-0.2, -0.15) is 11.8 Å². The van der Waals surface area contributed by atoms with Crippen molar-refractivity contribution in [3.8, 4) is 0 Å². The molecule has 0 saturated carbocycles. The van der Waals surface area contributed by atoms with Crippen LogP contribution in [0.4, 0.5) is 0 Å². The van der Waals surface area contributed by atoms with Crippen LogP contribution in [0.25, 0.3) is 0 Å². The average molecular weight is 244 g/mol. The van der Waals surface area contributed by atoms with Crippen LogP contribution in [0.2, 0.25) is 0 Å². The molecule has 1 heterocycles. The molecule has 0 bridgehead atoms. The zero-order valence-electron chi connectivity index (χ0n) is 10.5. The molecule has 0 aromatic carbocycles. The Hall–Kier alpha value is 0.0349. The first-order valence-electron chi connectivity index (χ1n) is 5.59. The minimum absolute atomic E-state index is 0.780. The van der Waals surface area contributed by atoms with E-state index in [0.29, 0.717) is 0 Å². The lowest BCUT2D eigenvalue weighted by Gasteiger charge is -2.38. The molecular formula is C11H21BO3S. The third kappa shape index (κ3) is 3.52. The molecule has 0 amide bonds. The number of hydrogen-bond acceptors (Lipinski definition) is 4. The van der Waals surface area contributed by atoms with E-state index in [1.54, 1.807) is 27.7 Å². The molecule has 0 aliphatic carbocycles. The van der Waals surface area contributed by atoms with Crippen LogP contribution in [0.15, 0.2) is 11.5 Å². The van der Waals surface area contributed by atoms with E-state index < -0.39 is 18.3 Å². The van der Waals surface area contributed by atoms with E-state index in [2.05, 4.69) is 0 Å². The summed E-state index contributed by atoms with van der Waals surface area (Å²) in [4.78, 5) is 0. The van der Waals surface area contributed by atoms with E-state index in [-0.39, 0.29) is 0 Å². The van der Waals surface area contributed by atoms with Gasteiger partial charge in [-0.15, -0.1) is 0 Å². The van der Waals surface area contributed by atoms with E-state index in [1.807, 2.05) is 17.8 Å². The normalized spacial score (nSPS) is 18.2. The molecule has 0 atom stereocenters. The molecule has 92 valence electrons. The van der Waals surface area contributed by atoms with E-state index in [0.717, 1.165) is 23.4 Å². The van der Waals surface area contributed by atoms with Crippen molar-refractivity contribution in [2.45, 2.75) is 45.3 Å². The van der Waals surface area contributed by atoms with Crippen molar-refractivity contribution in [1.82, 2.24) is 0 Å². The van der Waals surface area contributed by atoms with Crippen LogP contribution >= 0.6 is 11.8 Å². The minimum Gasteiger partial charge on any atom is -0.423 e. The van der Waals surface area contributed by atoms with Crippen LogP contribution < -0.4 is 0 Å². The second-order valence-corrected chi connectivity index (χ2v) is 6.29. The van der Waals surface area contributed by atoms with Crippen LogP contribution in [0, 0.1) is 0 Å². The molecular weight excluding hydrogens is 223 g/mol. The number of rotatable bonds is 4. The maximum atomic E-state index is 9.96. The van der Waals surface area contributed by atoms with E-state index in [1.165, 1.54) is 0 Å². The lowest BCUT2D eigenvalue weighted by Crippen LogP contribution is -2.51. The van der Waals surface area contributed by atoms with Crippen LogP contribution in [-0.4, -0.2) is 40.0 Å². The van der Waals surface area contributed by atoms with Gasteiger partial charge in [0.25, 0.3) is 0 Å². The Balaban J connectivity index is 2.63. The summed E-state index contributed by atoms with van der Waals surface area (Å²) in [6, 6.07) is 0. The maximum Gasteiger partial charge on any atom is 0.487 e. The van der Waals surface area contributed by atoms with Gasteiger partial charge in [-0.25, -0.2) is 0 Å². The Bertz CT molecular complexity index is 271. The van der Waals surface area contributed by atoms with Crippen molar-refractivity contribution in [2.75, 3.05) is 11.5 Å². The highest BCUT2D eigenvalue weighted by molar-refractivity contribution is 7.99. The first-order valence-corrected chi connectivity index (χ1v) is 6.74. The molecule has 0 aromatic heterocycles. The van der Waals surface area contributed by atoms with E-state index in [9.17, 15) is 10.1 Å². The molecule has 16 heavy (non-hydrogen) atoms. The van der Waals surface area contributed by atoms with Gasteiger partial charge in [0.05, 0.1) is 11.2 Å². The van der Waals surface area contributed by atoms with Gasteiger partial charge in [0.2, 0.25) is 0 Å². The summed E-state index contributed by atoms with van der Waals surface area (Å²) in [7, 11) is -0.901. The Morgan fingerprint density at radius 1 is 1.38 bits per heavy atom. The van der Waals surface area contributed by atoms with Crippen molar-refractivity contribution in [1.29, 1.82) is 0 Å². The zero-order valence-corrected chi connectivity index (χ0v) is 11.3. The number of allylic oxidation sites excluding steroid dienone is 1. The van der Waals surface area contributed by atoms with Crippen LogP contribution in [0.5, 0.6) is 0 Å². The summed E-state index contributed by atoms with van der Waals surface area (Å²) < 4.78 is 5.57. The van der Waals surface area contributed by atoms with E-state index >= 15 is 0 Å². The maximum absolute atomic E-state index is 9.96. The fourth-order valence-corrected chi connectivity index (χ4v) is 2.14. The first kappa shape index (κ1) is 14.1. The summed E-state index contributed by atoms with van der Waals surface area (Å²) >= 11 is 1.85. The third-order valence-electron chi connectivity index (χ3n) is 3.20. The predicted octanol–water partition coefficient (Wildman–Crippen LogP) is 1.64. The van der Waals surface area contributed by atoms with Crippen molar-refractivity contribution >= 4 is 18.9 Å². The zero-order chi connectivity index (χ0) is 12.4. The molecule has 3 nitrogen and oxygen atoms in total. The van der Waals surface area contributed by atoms with Gasteiger partial charge in [-0.3, -0.25) is 0 Å². The summed E-state index contributed by atoms with van der Waals surface area (Å²) in [5.41, 5.74) is -0.841. The van der Waals surface area contributed by atoms with Crippen LogP contribution in [0.1, 0.15) is 34.1 Å². The van der Waals surface area contributed by atoms with Crippen molar-refractivity contribution in [3.05, 3.63) is 11.5 Å². The number of aliphatic hydroxyl groups is 1. The quantitative estimate of drug-likeness (QED) is 0.738. The van der Waals surface area contributed by atoms with Gasteiger partial charge in [0.15, 0.2) is 0 Å². The van der Waals surface area contributed by atoms with Gasteiger partial charge in [0.1, 0.15) is 0 Å². The highest BCUT2D eigenvalue weighted by atomic mass is 32.2. The lowest BCUT2D eigenvalue weighted by molar-refractivity contribution is -0.0989. The van der Waals surface area contributed by atoms with E-state index in [4.69, 9.17) is 4.65 Å². The summed E-state index contributed by atoms with van der Waals surface area (Å²) in [5.74, 6) is 1.95. The molecule has 0 fully saturated rings. The number of thioether (sulfide) groups is 1. The van der Waals surface area contributed by atoms with Gasteiger partial charge in [0, 0.05) is 5.75 Å². The molecule has 0 aromatic rings. The van der Waals surface area contributed by atoms with Gasteiger partial charge < -0.3 is 14.8 Å². The van der Waals surface area contributed by atoms with Crippen LogP contribution in [0.3, 0.4) is 0 Å². The molecule has 0 unspecified atom stereocenters. The largest absolute Gasteiger partial charge is 0.487 e. The SMILES string of the molecule is CC(C)(O)C(C)(C)OB(O)C1=CCSCC1. The van der Waals surface area contributed by atoms with Crippen molar-refractivity contribution in [3.63, 3.8) is 0 Å². The van der Waals surface area contributed by atoms with Gasteiger partial charge in [-0.1, -0.05) is 6.08 Å². The topological polar surface area (TPSA) is 49.7 Å². The Labute approximate surface area is 102 Å². The fourth-order valence-electron chi connectivity index (χ4n) is 1.26. The fraction of sp³-hybridized carbons (Fsp3) is 0.818. The molecule has 1 rings (SSSR count). The lowest BCUT2D eigenvalue weighted by atomic mass is 9.74. The Morgan fingerprint density at radius 2 is 2.00 bits per heavy atom. The molecule has 0 spiro atoms. The second-order valence-electron chi connectivity index (χ2n) is 5.14. The van der Waals surface area contributed by atoms with Crippen LogP contribution in [-0.2, 0) is 4.65 Å². The summed E-state index contributed by atoms with van der Waals surface area (Å²) in [5, 5.41) is 19.9. The molecule has 2 N–H and O–H groups in total. The molecule has 1 aliphatic rings. The first-order chi connectivity index (χ1) is 7.24.